The summed E-state index contributed by atoms with van der Waals surface area (Å²) in [6, 6.07) is 15.8. The zero-order valence-corrected chi connectivity index (χ0v) is 19.1. The maximum absolute atomic E-state index is 13.3. The van der Waals surface area contributed by atoms with Crippen LogP contribution in [0.5, 0.6) is 0 Å². The minimum Gasteiger partial charge on any atom is -0.457 e. The van der Waals surface area contributed by atoms with Crippen LogP contribution in [0.15, 0.2) is 83.3 Å². The SMILES string of the molecule is C=CCN1C(=O)/C(=C\c2ccc(-c3cc([N+](=O)[O-])ccc3Cl)o2)C(=O)N(c2ccccc2)C1=S. The number of non-ortho nitro benzene ring substituents is 1. The summed E-state index contributed by atoms with van der Waals surface area (Å²) in [6.45, 7) is 3.77. The lowest BCUT2D eigenvalue weighted by molar-refractivity contribution is -0.384. The van der Waals surface area contributed by atoms with Crippen LogP contribution in [0.2, 0.25) is 5.02 Å². The third-order valence-electron chi connectivity index (χ3n) is 5.00. The number of furan rings is 1. The zero-order chi connectivity index (χ0) is 24.4. The third kappa shape index (κ3) is 4.26. The summed E-state index contributed by atoms with van der Waals surface area (Å²) in [5.41, 5.74) is 0.501. The molecule has 1 aliphatic heterocycles. The fourth-order valence-electron chi connectivity index (χ4n) is 3.40. The molecular weight excluding hydrogens is 478 g/mol. The minimum absolute atomic E-state index is 0.0433. The number of carbonyl (C=O) groups excluding carboxylic acids is 2. The Labute approximate surface area is 204 Å². The van der Waals surface area contributed by atoms with Crippen molar-refractivity contribution in [1.29, 1.82) is 0 Å². The van der Waals surface area contributed by atoms with Gasteiger partial charge in [-0.25, -0.2) is 0 Å². The van der Waals surface area contributed by atoms with Crippen molar-refractivity contribution in [2.45, 2.75) is 0 Å². The lowest BCUT2D eigenvalue weighted by atomic mass is 10.1. The molecule has 1 aromatic heterocycles. The van der Waals surface area contributed by atoms with Gasteiger partial charge in [-0.15, -0.1) is 6.58 Å². The van der Waals surface area contributed by atoms with E-state index >= 15 is 0 Å². The van der Waals surface area contributed by atoms with Crippen molar-refractivity contribution in [1.82, 2.24) is 4.90 Å². The van der Waals surface area contributed by atoms with Crippen LogP contribution in [0.3, 0.4) is 0 Å². The van der Waals surface area contributed by atoms with Gasteiger partial charge in [0, 0.05) is 24.2 Å². The number of thiocarbonyl (C=S) groups is 1. The van der Waals surface area contributed by atoms with Gasteiger partial charge in [-0.3, -0.25) is 29.5 Å². The van der Waals surface area contributed by atoms with Gasteiger partial charge in [-0.05, 0) is 48.6 Å². The molecule has 2 heterocycles. The van der Waals surface area contributed by atoms with Gasteiger partial charge < -0.3 is 4.42 Å². The second kappa shape index (κ2) is 9.42. The van der Waals surface area contributed by atoms with Crippen molar-refractivity contribution in [3.05, 3.63) is 99.8 Å². The minimum atomic E-state index is -0.604. The van der Waals surface area contributed by atoms with Gasteiger partial charge in [0.05, 0.1) is 15.6 Å². The highest BCUT2D eigenvalue weighted by Gasteiger charge is 2.40. The summed E-state index contributed by atoms with van der Waals surface area (Å²) >= 11 is 11.6. The molecular formula is C24H16ClN3O5S. The number of benzene rings is 2. The molecule has 0 aliphatic carbocycles. The summed E-state index contributed by atoms with van der Waals surface area (Å²) in [5, 5.41) is 11.4. The largest absolute Gasteiger partial charge is 0.457 e. The lowest BCUT2D eigenvalue weighted by Gasteiger charge is -2.36. The molecule has 0 radical (unpaired) electrons. The van der Waals surface area contributed by atoms with E-state index in [0.29, 0.717) is 11.3 Å². The quantitative estimate of drug-likeness (QED) is 0.116. The molecule has 34 heavy (non-hydrogen) atoms. The van der Waals surface area contributed by atoms with Gasteiger partial charge in [0.15, 0.2) is 5.11 Å². The number of rotatable bonds is 6. The average Bonchev–Trinajstić information content (AvgIpc) is 3.29. The first-order valence-corrected chi connectivity index (χ1v) is 10.7. The Kier molecular flexibility index (Phi) is 6.40. The smallest absolute Gasteiger partial charge is 0.270 e. The molecule has 1 saturated heterocycles. The van der Waals surface area contributed by atoms with Gasteiger partial charge in [-0.1, -0.05) is 35.9 Å². The Morgan fingerprint density at radius 3 is 2.50 bits per heavy atom. The Bertz CT molecular complexity index is 1370. The topological polar surface area (TPSA) is 96.9 Å². The van der Waals surface area contributed by atoms with Crippen molar-refractivity contribution in [2.75, 3.05) is 11.4 Å². The van der Waals surface area contributed by atoms with Crippen molar-refractivity contribution in [3.8, 4) is 11.3 Å². The van der Waals surface area contributed by atoms with E-state index in [-0.39, 0.29) is 39.5 Å². The van der Waals surface area contributed by atoms with Crippen LogP contribution in [0.1, 0.15) is 5.76 Å². The maximum atomic E-state index is 13.3. The van der Waals surface area contributed by atoms with E-state index in [2.05, 4.69) is 6.58 Å². The van der Waals surface area contributed by atoms with Crippen molar-refractivity contribution in [3.63, 3.8) is 0 Å². The first-order chi connectivity index (χ1) is 16.3. The molecule has 0 bridgehead atoms. The van der Waals surface area contributed by atoms with Crippen LogP contribution in [-0.4, -0.2) is 33.3 Å². The average molecular weight is 494 g/mol. The van der Waals surface area contributed by atoms with Crippen LogP contribution in [0.25, 0.3) is 17.4 Å². The number of hydrogen-bond acceptors (Lipinski definition) is 6. The predicted octanol–water partition coefficient (Wildman–Crippen LogP) is 5.24. The van der Waals surface area contributed by atoms with Crippen molar-refractivity contribution < 1.29 is 18.9 Å². The number of nitro benzene ring substituents is 1. The molecule has 3 aromatic rings. The van der Waals surface area contributed by atoms with Crippen LogP contribution in [-0.2, 0) is 9.59 Å². The molecule has 4 rings (SSSR count). The molecule has 1 fully saturated rings. The summed E-state index contributed by atoms with van der Waals surface area (Å²) in [7, 11) is 0. The monoisotopic (exact) mass is 493 g/mol. The number of anilines is 1. The molecule has 8 nitrogen and oxygen atoms in total. The lowest BCUT2D eigenvalue weighted by Crippen LogP contribution is -2.56. The first-order valence-electron chi connectivity index (χ1n) is 9.94. The van der Waals surface area contributed by atoms with E-state index in [4.69, 9.17) is 28.2 Å². The van der Waals surface area contributed by atoms with E-state index in [1.54, 1.807) is 36.4 Å². The normalized spacial score (nSPS) is 15.2. The van der Waals surface area contributed by atoms with Gasteiger partial charge in [-0.2, -0.15) is 0 Å². The summed E-state index contributed by atoms with van der Waals surface area (Å²) in [4.78, 5) is 39.5. The molecule has 0 spiro atoms. The number of para-hydroxylation sites is 1. The maximum Gasteiger partial charge on any atom is 0.270 e. The van der Waals surface area contributed by atoms with Crippen LogP contribution in [0.4, 0.5) is 11.4 Å². The van der Waals surface area contributed by atoms with E-state index in [1.807, 2.05) is 0 Å². The molecule has 2 amide bonds. The first kappa shape index (κ1) is 23.1. The predicted molar refractivity (Wildman–Crippen MR) is 132 cm³/mol. The highest BCUT2D eigenvalue weighted by atomic mass is 35.5. The molecule has 10 heteroatoms. The van der Waals surface area contributed by atoms with Gasteiger partial charge in [0.2, 0.25) is 0 Å². The molecule has 0 atom stereocenters. The fourth-order valence-corrected chi connectivity index (χ4v) is 3.96. The van der Waals surface area contributed by atoms with Gasteiger partial charge in [0.1, 0.15) is 17.1 Å². The number of nitrogens with zero attached hydrogens (tertiary/aromatic N) is 3. The van der Waals surface area contributed by atoms with E-state index in [0.717, 1.165) is 0 Å². The molecule has 2 aromatic carbocycles. The number of amides is 2. The number of halogens is 1. The van der Waals surface area contributed by atoms with Crippen LogP contribution in [0, 0.1) is 10.1 Å². The number of carbonyl (C=O) groups is 2. The Hall–Kier alpha value is -4.08. The van der Waals surface area contributed by atoms with Crippen molar-refractivity contribution >= 4 is 58.2 Å². The van der Waals surface area contributed by atoms with Crippen LogP contribution < -0.4 is 4.90 Å². The molecule has 0 N–H and O–H groups in total. The molecule has 0 saturated carbocycles. The Balaban J connectivity index is 1.75. The van der Waals surface area contributed by atoms with Gasteiger partial charge in [0.25, 0.3) is 17.5 Å². The van der Waals surface area contributed by atoms with E-state index < -0.39 is 16.7 Å². The summed E-state index contributed by atoms with van der Waals surface area (Å²) < 4.78 is 5.77. The molecule has 0 unspecified atom stereocenters. The fraction of sp³-hybridized carbons (Fsp3) is 0.0417. The summed E-state index contributed by atoms with van der Waals surface area (Å²) in [6.07, 6.45) is 2.82. The highest BCUT2D eigenvalue weighted by molar-refractivity contribution is 7.80. The van der Waals surface area contributed by atoms with E-state index in [9.17, 15) is 19.7 Å². The number of nitro groups is 1. The zero-order valence-electron chi connectivity index (χ0n) is 17.5. The summed E-state index contributed by atoms with van der Waals surface area (Å²) in [5.74, 6) is -0.760. The standard InChI is InChI=1S/C24H16ClN3O5S/c1-2-12-26-22(29)19(23(30)27(24(26)34)15-6-4-3-5-7-15)14-17-9-11-21(33-17)18-13-16(28(31)32)8-10-20(18)25/h2-11,13-14H,1,12H2/b19-14+. The number of hydrogen-bond donors (Lipinski definition) is 0. The second-order valence-corrected chi connectivity index (χ2v) is 7.92. The molecule has 1 aliphatic rings. The van der Waals surface area contributed by atoms with Crippen LogP contribution >= 0.6 is 23.8 Å². The van der Waals surface area contributed by atoms with Gasteiger partial charge >= 0.3 is 0 Å². The van der Waals surface area contributed by atoms with Crippen molar-refractivity contribution in [2.24, 2.45) is 0 Å². The van der Waals surface area contributed by atoms with E-state index in [1.165, 1.54) is 46.2 Å². The Morgan fingerprint density at radius 2 is 1.82 bits per heavy atom. The molecule has 170 valence electrons. The Morgan fingerprint density at radius 1 is 1.09 bits per heavy atom. The third-order valence-corrected chi connectivity index (χ3v) is 5.73. The second-order valence-electron chi connectivity index (χ2n) is 7.14. The highest BCUT2D eigenvalue weighted by Crippen LogP contribution is 2.33.